The summed E-state index contributed by atoms with van der Waals surface area (Å²) in [6, 6.07) is 2.67. The van der Waals surface area contributed by atoms with Crippen LogP contribution in [0.25, 0.3) is 0 Å². The van der Waals surface area contributed by atoms with Crippen molar-refractivity contribution in [1.82, 2.24) is 0 Å². The lowest BCUT2D eigenvalue weighted by molar-refractivity contribution is 0.321. The minimum absolute atomic E-state index is 0.160. The maximum atomic E-state index is 10.1. The third kappa shape index (κ3) is 4.28. The van der Waals surface area contributed by atoms with Crippen LogP contribution >= 0.6 is 0 Å². The van der Waals surface area contributed by atoms with E-state index in [-0.39, 0.29) is 17.3 Å². The van der Waals surface area contributed by atoms with E-state index in [1.807, 2.05) is 0 Å². The van der Waals surface area contributed by atoms with Crippen LogP contribution in [0, 0.1) is 28.6 Å². The molecular weight excluding hydrogens is 378 g/mol. The largest absolute Gasteiger partial charge is 0.548 e. The highest BCUT2D eigenvalue weighted by Crippen LogP contribution is 2.64. The van der Waals surface area contributed by atoms with Gasteiger partial charge in [0.2, 0.25) is 8.32 Å². The lowest BCUT2D eigenvalue weighted by Crippen LogP contribution is -2.47. The molecule has 0 aromatic heterocycles. The monoisotopic (exact) mass is 419 g/mol. The highest BCUT2D eigenvalue weighted by Gasteiger charge is 2.63. The predicted octanol–water partition coefficient (Wildman–Crippen LogP) is 7.37. The molecule has 0 amide bonds. The SMILES string of the molecule is C=C(O[Si](C(C)C)(C(C)C)C(C)C)[C@@H]1C[C@@]1(C#N)C1C=C(O[Si](C)(C)C)CC1. The molecule has 158 valence electrons. The maximum absolute atomic E-state index is 10.1. The van der Waals surface area contributed by atoms with E-state index in [4.69, 9.17) is 8.85 Å². The van der Waals surface area contributed by atoms with Crippen LogP contribution in [0.5, 0.6) is 0 Å². The Bertz CT molecular complexity index is 647. The van der Waals surface area contributed by atoms with Crippen LogP contribution in [0.4, 0.5) is 0 Å². The zero-order chi connectivity index (χ0) is 21.5. The second kappa shape index (κ2) is 8.03. The van der Waals surface area contributed by atoms with Crippen LogP contribution in [0.3, 0.4) is 0 Å². The molecule has 0 heterocycles. The predicted molar refractivity (Wildman–Crippen MR) is 123 cm³/mol. The first-order chi connectivity index (χ1) is 12.8. The number of hydrogen-bond donors (Lipinski definition) is 0. The number of nitriles is 1. The summed E-state index contributed by atoms with van der Waals surface area (Å²) in [4.78, 5) is 0. The van der Waals surface area contributed by atoms with Crippen molar-refractivity contribution in [2.24, 2.45) is 17.3 Å². The molecule has 3 nitrogen and oxygen atoms in total. The molecule has 28 heavy (non-hydrogen) atoms. The molecule has 0 spiro atoms. The van der Waals surface area contributed by atoms with E-state index >= 15 is 0 Å². The summed E-state index contributed by atoms with van der Waals surface area (Å²) in [5.74, 6) is 2.40. The van der Waals surface area contributed by atoms with E-state index in [0.717, 1.165) is 30.8 Å². The molecule has 2 aliphatic rings. The minimum atomic E-state index is -2.02. The van der Waals surface area contributed by atoms with Gasteiger partial charge in [0.05, 0.1) is 23.0 Å². The van der Waals surface area contributed by atoms with Crippen molar-refractivity contribution in [1.29, 1.82) is 5.26 Å². The molecular formula is C23H41NO2Si2. The van der Waals surface area contributed by atoms with E-state index < -0.39 is 16.6 Å². The second-order valence-corrected chi connectivity index (χ2v) is 20.6. The lowest BCUT2D eigenvalue weighted by atomic mass is 9.87. The van der Waals surface area contributed by atoms with Gasteiger partial charge in [-0.15, -0.1) is 0 Å². The van der Waals surface area contributed by atoms with Crippen LogP contribution in [-0.2, 0) is 8.85 Å². The zero-order valence-electron chi connectivity index (χ0n) is 19.6. The third-order valence-electron chi connectivity index (χ3n) is 6.80. The van der Waals surface area contributed by atoms with Gasteiger partial charge >= 0.3 is 0 Å². The molecule has 0 radical (unpaired) electrons. The van der Waals surface area contributed by atoms with Gasteiger partial charge in [-0.2, -0.15) is 5.26 Å². The van der Waals surface area contributed by atoms with E-state index in [2.05, 4.69) is 79.9 Å². The van der Waals surface area contributed by atoms with E-state index in [1.54, 1.807) is 0 Å². The number of allylic oxidation sites excluding steroid dienone is 3. The van der Waals surface area contributed by atoms with Crippen LogP contribution in [0.15, 0.2) is 24.2 Å². The molecule has 2 rings (SSSR count). The van der Waals surface area contributed by atoms with E-state index in [0.29, 0.717) is 16.6 Å². The molecule has 1 unspecified atom stereocenters. The van der Waals surface area contributed by atoms with Crippen LogP contribution in [0.1, 0.15) is 60.8 Å². The Morgan fingerprint density at radius 2 is 1.68 bits per heavy atom. The molecule has 2 aliphatic carbocycles. The zero-order valence-corrected chi connectivity index (χ0v) is 21.6. The summed E-state index contributed by atoms with van der Waals surface area (Å²) < 4.78 is 13.0. The van der Waals surface area contributed by atoms with Gasteiger partial charge in [0.25, 0.3) is 8.32 Å². The van der Waals surface area contributed by atoms with Gasteiger partial charge in [-0.25, -0.2) is 0 Å². The molecule has 0 aliphatic heterocycles. The average molecular weight is 420 g/mol. The van der Waals surface area contributed by atoms with Crippen LogP contribution in [0.2, 0.25) is 36.3 Å². The van der Waals surface area contributed by atoms with Crippen molar-refractivity contribution in [3.8, 4) is 6.07 Å². The average Bonchev–Trinajstić information content (AvgIpc) is 3.14. The van der Waals surface area contributed by atoms with Crippen LogP contribution in [-0.4, -0.2) is 16.6 Å². The van der Waals surface area contributed by atoms with Crippen molar-refractivity contribution in [2.45, 2.75) is 97.1 Å². The Kier molecular flexibility index (Phi) is 6.68. The summed E-state index contributed by atoms with van der Waals surface area (Å²) >= 11 is 0. The molecule has 3 atom stereocenters. The van der Waals surface area contributed by atoms with Gasteiger partial charge in [0, 0.05) is 18.3 Å². The van der Waals surface area contributed by atoms with Crippen LogP contribution < -0.4 is 0 Å². The molecule has 0 saturated heterocycles. The van der Waals surface area contributed by atoms with Gasteiger partial charge in [0.1, 0.15) is 0 Å². The molecule has 0 aromatic carbocycles. The normalized spacial score (nSPS) is 27.8. The third-order valence-corrected chi connectivity index (χ3v) is 13.7. The fraction of sp³-hybridized carbons (Fsp3) is 0.783. The number of hydrogen-bond acceptors (Lipinski definition) is 3. The molecule has 0 aromatic rings. The van der Waals surface area contributed by atoms with Crippen molar-refractivity contribution < 1.29 is 8.85 Å². The Balaban J connectivity index is 2.17. The van der Waals surface area contributed by atoms with Crippen molar-refractivity contribution in [3.05, 3.63) is 24.2 Å². The van der Waals surface area contributed by atoms with Crippen molar-refractivity contribution in [3.63, 3.8) is 0 Å². The molecule has 0 bridgehead atoms. The van der Waals surface area contributed by atoms with Crippen molar-refractivity contribution >= 4 is 16.6 Å². The Hall–Kier alpha value is -0.996. The summed E-state index contributed by atoms with van der Waals surface area (Å²) in [5.41, 5.74) is 1.21. The first kappa shape index (κ1) is 23.3. The Morgan fingerprint density at radius 3 is 2.11 bits per heavy atom. The lowest BCUT2D eigenvalue weighted by Gasteiger charge is -2.43. The minimum Gasteiger partial charge on any atom is -0.548 e. The standard InChI is InChI=1S/C23H41NO2Si2/c1-16(2)28(17(3)4,18(5)6)25-19(7)22-14-23(22,15-24)20-11-12-21(13-20)26-27(8,9)10/h13,16-18,20,22H,7,11-12,14H2,1-6,8-10H3/t20?,22-,23+/m0/s1. The fourth-order valence-corrected chi connectivity index (χ4v) is 11.8. The van der Waals surface area contributed by atoms with Gasteiger partial charge in [-0.05, 0) is 55.2 Å². The topological polar surface area (TPSA) is 42.2 Å². The van der Waals surface area contributed by atoms with Gasteiger partial charge < -0.3 is 8.85 Å². The highest BCUT2D eigenvalue weighted by atomic mass is 28.4. The summed E-state index contributed by atoms with van der Waals surface area (Å²) in [6.45, 7) is 24.8. The molecule has 0 N–H and O–H groups in total. The molecule has 1 fully saturated rings. The smallest absolute Gasteiger partial charge is 0.258 e. The van der Waals surface area contributed by atoms with E-state index in [1.165, 1.54) is 0 Å². The van der Waals surface area contributed by atoms with Gasteiger partial charge in [0.15, 0.2) is 0 Å². The summed E-state index contributed by atoms with van der Waals surface area (Å²) in [7, 11) is -3.61. The highest BCUT2D eigenvalue weighted by molar-refractivity contribution is 6.77. The first-order valence-corrected chi connectivity index (χ1v) is 16.5. The Labute approximate surface area is 175 Å². The molecule has 1 saturated carbocycles. The van der Waals surface area contributed by atoms with Gasteiger partial charge in [-0.3, -0.25) is 0 Å². The summed E-state index contributed by atoms with van der Waals surface area (Å²) in [6.07, 6.45) is 5.09. The number of rotatable bonds is 9. The second-order valence-electron chi connectivity index (χ2n) is 10.8. The fourth-order valence-electron chi connectivity index (χ4n) is 5.52. The maximum Gasteiger partial charge on any atom is 0.258 e. The van der Waals surface area contributed by atoms with E-state index in [9.17, 15) is 5.26 Å². The Morgan fingerprint density at radius 1 is 1.14 bits per heavy atom. The number of nitrogens with zero attached hydrogens (tertiary/aromatic N) is 1. The quantitative estimate of drug-likeness (QED) is 0.289. The first-order valence-electron chi connectivity index (χ1n) is 11.0. The van der Waals surface area contributed by atoms with Crippen molar-refractivity contribution in [2.75, 3.05) is 0 Å². The summed E-state index contributed by atoms with van der Waals surface area (Å²) in [5, 5.41) is 10.1. The van der Waals surface area contributed by atoms with Gasteiger partial charge in [-0.1, -0.05) is 48.1 Å². The molecule has 5 heteroatoms.